The topological polar surface area (TPSA) is 29.1 Å². The van der Waals surface area contributed by atoms with Crippen LogP contribution in [-0.4, -0.2) is 11.9 Å². The molecule has 1 N–H and O–H groups in total. The Morgan fingerprint density at radius 3 is 2.82 bits per heavy atom. The second-order valence-corrected chi connectivity index (χ2v) is 5.90. The van der Waals surface area contributed by atoms with Crippen LogP contribution in [0.3, 0.4) is 0 Å². The number of benzene rings is 1. The highest BCUT2D eigenvalue weighted by Crippen LogP contribution is 2.26. The molecule has 2 rings (SSSR count). The summed E-state index contributed by atoms with van der Waals surface area (Å²) in [4.78, 5) is 12.1. The minimum absolute atomic E-state index is 0.0210. The molecule has 17 heavy (non-hydrogen) atoms. The maximum Gasteiger partial charge on any atom is 0.252 e. The number of halogens is 2. The van der Waals surface area contributed by atoms with Gasteiger partial charge >= 0.3 is 0 Å². The van der Waals surface area contributed by atoms with Gasteiger partial charge in [-0.05, 0) is 52.9 Å². The number of nitrogens with one attached hydrogen (secondary N) is 1. The van der Waals surface area contributed by atoms with E-state index in [0.717, 1.165) is 10.9 Å². The summed E-state index contributed by atoms with van der Waals surface area (Å²) in [6.07, 6.45) is 3.48. The zero-order valence-corrected chi connectivity index (χ0v) is 12.0. The van der Waals surface area contributed by atoms with E-state index in [1.165, 1.54) is 12.8 Å². The SMILES string of the molecule is CC1CCCC1NC(=O)c1ccc(Cl)cc1Br. The highest BCUT2D eigenvalue weighted by atomic mass is 79.9. The minimum atomic E-state index is -0.0210. The lowest BCUT2D eigenvalue weighted by atomic mass is 10.1. The summed E-state index contributed by atoms with van der Waals surface area (Å²) in [5.41, 5.74) is 0.647. The molecule has 2 unspecified atom stereocenters. The lowest BCUT2D eigenvalue weighted by molar-refractivity contribution is 0.0929. The number of carbonyl (C=O) groups is 1. The predicted octanol–water partition coefficient (Wildman–Crippen LogP) is 4.02. The largest absolute Gasteiger partial charge is 0.349 e. The van der Waals surface area contributed by atoms with Gasteiger partial charge in [0.2, 0.25) is 0 Å². The van der Waals surface area contributed by atoms with Crippen LogP contribution < -0.4 is 5.32 Å². The third kappa shape index (κ3) is 3.02. The molecule has 4 heteroatoms. The van der Waals surface area contributed by atoms with Crippen LogP contribution in [0.1, 0.15) is 36.5 Å². The van der Waals surface area contributed by atoms with Crippen LogP contribution in [0.4, 0.5) is 0 Å². The average Bonchev–Trinajstić information content (AvgIpc) is 2.64. The quantitative estimate of drug-likeness (QED) is 0.877. The summed E-state index contributed by atoms with van der Waals surface area (Å²) >= 11 is 9.22. The second kappa shape index (κ2) is 5.40. The zero-order chi connectivity index (χ0) is 12.4. The van der Waals surface area contributed by atoms with E-state index < -0.39 is 0 Å². The van der Waals surface area contributed by atoms with Gasteiger partial charge in [-0.25, -0.2) is 0 Å². The van der Waals surface area contributed by atoms with Crippen LogP contribution in [0.15, 0.2) is 22.7 Å². The van der Waals surface area contributed by atoms with Crippen LogP contribution in [0.5, 0.6) is 0 Å². The predicted molar refractivity (Wildman–Crippen MR) is 73.4 cm³/mol. The Kier molecular flexibility index (Phi) is 4.10. The highest BCUT2D eigenvalue weighted by molar-refractivity contribution is 9.10. The van der Waals surface area contributed by atoms with Crippen molar-refractivity contribution >= 4 is 33.4 Å². The van der Waals surface area contributed by atoms with Gasteiger partial charge in [0.25, 0.3) is 5.91 Å². The monoisotopic (exact) mass is 315 g/mol. The van der Waals surface area contributed by atoms with E-state index in [9.17, 15) is 4.79 Å². The first-order chi connectivity index (χ1) is 8.08. The van der Waals surface area contributed by atoms with Crippen LogP contribution in [0.2, 0.25) is 5.02 Å². The van der Waals surface area contributed by atoms with Crippen LogP contribution >= 0.6 is 27.5 Å². The summed E-state index contributed by atoms with van der Waals surface area (Å²) in [5.74, 6) is 0.553. The molecule has 1 aliphatic rings. The summed E-state index contributed by atoms with van der Waals surface area (Å²) in [6, 6.07) is 5.54. The lowest BCUT2D eigenvalue weighted by Gasteiger charge is -2.17. The zero-order valence-electron chi connectivity index (χ0n) is 9.67. The summed E-state index contributed by atoms with van der Waals surface area (Å²) < 4.78 is 0.744. The Bertz CT molecular complexity index is 435. The fourth-order valence-corrected chi connectivity index (χ4v) is 3.14. The first-order valence-corrected chi connectivity index (χ1v) is 7.01. The third-order valence-corrected chi connectivity index (χ3v) is 4.24. The van der Waals surface area contributed by atoms with Gasteiger partial charge in [0, 0.05) is 15.5 Å². The Morgan fingerprint density at radius 1 is 1.47 bits per heavy atom. The number of hydrogen-bond acceptors (Lipinski definition) is 1. The second-order valence-electron chi connectivity index (χ2n) is 4.61. The normalized spacial score (nSPS) is 23.7. The highest BCUT2D eigenvalue weighted by Gasteiger charge is 2.25. The summed E-state index contributed by atoms with van der Waals surface area (Å²) in [5, 5.41) is 3.72. The molecule has 1 aliphatic carbocycles. The van der Waals surface area contributed by atoms with Crippen molar-refractivity contribution in [3.8, 4) is 0 Å². The van der Waals surface area contributed by atoms with Crippen LogP contribution in [-0.2, 0) is 0 Å². The molecule has 0 aliphatic heterocycles. The number of rotatable bonds is 2. The fourth-order valence-electron chi connectivity index (χ4n) is 2.28. The molecule has 0 radical (unpaired) electrons. The Labute approximate surface area is 115 Å². The molecule has 1 aromatic rings. The molecular formula is C13H15BrClNO. The standard InChI is InChI=1S/C13H15BrClNO/c1-8-3-2-4-12(8)16-13(17)10-6-5-9(15)7-11(10)14/h5-8,12H,2-4H2,1H3,(H,16,17). The maximum atomic E-state index is 12.1. The maximum absolute atomic E-state index is 12.1. The van der Waals surface area contributed by atoms with Crippen molar-refractivity contribution in [1.82, 2.24) is 5.32 Å². The van der Waals surface area contributed by atoms with Crippen molar-refractivity contribution < 1.29 is 4.79 Å². The first kappa shape index (κ1) is 12.9. The van der Waals surface area contributed by atoms with Gasteiger partial charge in [-0.2, -0.15) is 0 Å². The molecule has 1 aromatic carbocycles. The van der Waals surface area contributed by atoms with Crippen molar-refractivity contribution in [3.05, 3.63) is 33.3 Å². The average molecular weight is 317 g/mol. The van der Waals surface area contributed by atoms with Gasteiger partial charge in [-0.1, -0.05) is 24.9 Å². The Morgan fingerprint density at radius 2 is 2.24 bits per heavy atom. The molecule has 1 fully saturated rings. The first-order valence-electron chi connectivity index (χ1n) is 5.84. The molecule has 0 heterocycles. The number of amides is 1. The van der Waals surface area contributed by atoms with Crippen molar-refractivity contribution in [2.75, 3.05) is 0 Å². The van der Waals surface area contributed by atoms with Crippen molar-refractivity contribution in [2.45, 2.75) is 32.2 Å². The molecule has 0 aromatic heterocycles. The molecule has 0 spiro atoms. The molecule has 2 nitrogen and oxygen atoms in total. The van der Waals surface area contributed by atoms with E-state index in [-0.39, 0.29) is 5.91 Å². The van der Waals surface area contributed by atoms with Crippen LogP contribution in [0, 0.1) is 5.92 Å². The Balaban J connectivity index is 2.09. The van der Waals surface area contributed by atoms with Gasteiger partial charge in [0.1, 0.15) is 0 Å². The molecule has 1 saturated carbocycles. The van der Waals surface area contributed by atoms with Gasteiger partial charge < -0.3 is 5.32 Å². The third-order valence-electron chi connectivity index (χ3n) is 3.35. The summed E-state index contributed by atoms with van der Waals surface area (Å²) in [7, 11) is 0. The van der Waals surface area contributed by atoms with E-state index in [1.54, 1.807) is 18.2 Å². The van der Waals surface area contributed by atoms with E-state index in [4.69, 9.17) is 11.6 Å². The smallest absolute Gasteiger partial charge is 0.252 e. The fraction of sp³-hybridized carbons (Fsp3) is 0.462. The molecular weight excluding hydrogens is 302 g/mol. The van der Waals surface area contributed by atoms with E-state index in [2.05, 4.69) is 28.2 Å². The van der Waals surface area contributed by atoms with Crippen molar-refractivity contribution in [3.63, 3.8) is 0 Å². The van der Waals surface area contributed by atoms with Crippen molar-refractivity contribution in [2.24, 2.45) is 5.92 Å². The minimum Gasteiger partial charge on any atom is -0.349 e. The van der Waals surface area contributed by atoms with Crippen molar-refractivity contribution in [1.29, 1.82) is 0 Å². The van der Waals surface area contributed by atoms with Crippen LogP contribution in [0.25, 0.3) is 0 Å². The lowest BCUT2D eigenvalue weighted by Crippen LogP contribution is -2.36. The summed E-state index contributed by atoms with van der Waals surface area (Å²) in [6.45, 7) is 2.19. The van der Waals surface area contributed by atoms with E-state index in [0.29, 0.717) is 22.5 Å². The van der Waals surface area contributed by atoms with Gasteiger partial charge in [0.05, 0.1) is 5.56 Å². The van der Waals surface area contributed by atoms with E-state index >= 15 is 0 Å². The molecule has 0 bridgehead atoms. The number of carbonyl (C=O) groups excluding carboxylic acids is 1. The van der Waals surface area contributed by atoms with Gasteiger partial charge in [-0.15, -0.1) is 0 Å². The van der Waals surface area contributed by atoms with Gasteiger partial charge in [0.15, 0.2) is 0 Å². The molecule has 1 amide bonds. The van der Waals surface area contributed by atoms with E-state index in [1.807, 2.05) is 0 Å². The van der Waals surface area contributed by atoms with Gasteiger partial charge in [-0.3, -0.25) is 4.79 Å². The molecule has 0 saturated heterocycles. The number of hydrogen-bond donors (Lipinski definition) is 1. The molecule has 2 atom stereocenters. The Hall–Kier alpha value is -0.540. The molecule has 92 valence electrons.